The lowest BCUT2D eigenvalue weighted by atomic mass is 10.1. The maximum absolute atomic E-state index is 11.2. The van der Waals surface area contributed by atoms with E-state index in [0.717, 1.165) is 23.4 Å². The minimum atomic E-state index is 0.161. The highest BCUT2D eigenvalue weighted by atomic mass is 32.9. The maximum atomic E-state index is 11.2. The van der Waals surface area contributed by atoms with Gasteiger partial charge >= 0.3 is 0 Å². The van der Waals surface area contributed by atoms with Gasteiger partial charge < -0.3 is 5.73 Å². The molecular weight excluding hydrogens is 190 g/mol. The number of nitrogen functional groups attached to an aromatic ring is 1. The third-order valence-electron chi connectivity index (χ3n) is 1.78. The fourth-order valence-electron chi connectivity index (χ4n) is 1.06. The van der Waals surface area contributed by atoms with E-state index in [-0.39, 0.29) is 4.74 Å². The molecule has 1 aromatic heterocycles. The Morgan fingerprint density at radius 3 is 2.58 bits per heavy atom. The van der Waals surface area contributed by atoms with Crippen LogP contribution in [0, 0.1) is 0 Å². The molecule has 68 valence electrons. The van der Waals surface area contributed by atoms with Gasteiger partial charge in [-0.3, -0.25) is 4.79 Å². The zero-order valence-electron chi connectivity index (χ0n) is 7.13. The van der Waals surface area contributed by atoms with E-state index in [1.54, 1.807) is 0 Å². The topological polar surface area (TPSA) is 43.1 Å². The fraction of sp³-hybridized carbons (Fsp3) is 0.625. The molecular formula is C8H13NOS2. The number of anilines is 1. The van der Waals surface area contributed by atoms with Crippen molar-refractivity contribution in [3.05, 3.63) is 15.1 Å². The van der Waals surface area contributed by atoms with Gasteiger partial charge in [-0.2, -0.15) is 0 Å². The molecule has 0 saturated carbocycles. The molecule has 2 nitrogen and oxygen atoms in total. The van der Waals surface area contributed by atoms with Crippen molar-refractivity contribution in [3.63, 3.8) is 0 Å². The molecule has 0 bridgehead atoms. The summed E-state index contributed by atoms with van der Waals surface area (Å²) in [6.45, 7) is 2.15. The first-order chi connectivity index (χ1) is 5.75. The van der Waals surface area contributed by atoms with Crippen molar-refractivity contribution >= 4 is 25.7 Å². The molecule has 0 aliphatic heterocycles. The van der Waals surface area contributed by atoms with Gasteiger partial charge in [-0.15, -0.1) is 0 Å². The Morgan fingerprint density at radius 1 is 1.33 bits per heavy atom. The van der Waals surface area contributed by atoms with Crippen LogP contribution in [0.25, 0.3) is 0 Å². The molecule has 2 N–H and O–H groups in total. The van der Waals surface area contributed by atoms with Crippen LogP contribution in [0.2, 0.25) is 0 Å². The van der Waals surface area contributed by atoms with Gasteiger partial charge in [0.05, 0.1) is 0 Å². The summed E-state index contributed by atoms with van der Waals surface area (Å²) < 4.78 is 0.161. The highest BCUT2D eigenvalue weighted by Gasteiger charge is 2.06. The summed E-state index contributed by atoms with van der Waals surface area (Å²) in [5.74, 6) is 0. The lowest BCUT2D eigenvalue weighted by molar-refractivity contribution is 0.718. The average Bonchev–Trinajstić information content (AvgIpc) is 2.35. The van der Waals surface area contributed by atoms with E-state index in [0.29, 0.717) is 0 Å². The number of unbranched alkanes of at least 4 members (excludes halogenated alkanes) is 2. The van der Waals surface area contributed by atoms with E-state index < -0.39 is 0 Å². The smallest absolute Gasteiger partial charge is 0.248 e. The summed E-state index contributed by atoms with van der Waals surface area (Å²) in [6, 6.07) is 0. The molecule has 4 heteroatoms. The van der Waals surface area contributed by atoms with Gasteiger partial charge in [-0.25, -0.2) is 0 Å². The van der Waals surface area contributed by atoms with Crippen molar-refractivity contribution in [1.82, 2.24) is 0 Å². The zero-order chi connectivity index (χ0) is 8.97. The number of hydrogen-bond donors (Lipinski definition) is 1. The van der Waals surface area contributed by atoms with E-state index >= 15 is 0 Å². The highest BCUT2D eigenvalue weighted by molar-refractivity contribution is 7.70. The van der Waals surface area contributed by atoms with E-state index in [4.69, 9.17) is 5.73 Å². The van der Waals surface area contributed by atoms with E-state index in [1.807, 2.05) is 0 Å². The standard InChI is InChI=1S/C8H13NOS2/c1-2-3-4-5-6-7(9)11-12-8(6)10/h2-5,9H2,1H3. The molecule has 0 aliphatic carbocycles. The second kappa shape index (κ2) is 4.62. The van der Waals surface area contributed by atoms with Gasteiger partial charge in [0.25, 0.3) is 0 Å². The van der Waals surface area contributed by atoms with Crippen LogP contribution in [-0.2, 0) is 6.42 Å². The van der Waals surface area contributed by atoms with Gasteiger partial charge in [0.1, 0.15) is 5.00 Å². The molecule has 0 unspecified atom stereocenters. The first kappa shape index (κ1) is 9.74. The van der Waals surface area contributed by atoms with Crippen molar-refractivity contribution < 1.29 is 0 Å². The van der Waals surface area contributed by atoms with Crippen LogP contribution < -0.4 is 10.5 Å². The summed E-state index contributed by atoms with van der Waals surface area (Å²) >= 11 is 0. The average molecular weight is 203 g/mol. The minimum absolute atomic E-state index is 0.161. The Kier molecular flexibility index (Phi) is 3.75. The molecule has 0 aliphatic rings. The number of rotatable bonds is 4. The van der Waals surface area contributed by atoms with E-state index in [2.05, 4.69) is 6.92 Å². The normalized spacial score (nSPS) is 10.4. The molecule has 1 heterocycles. The Labute approximate surface area is 79.4 Å². The SMILES string of the molecule is CCCCCc1c(N)ssc1=O. The highest BCUT2D eigenvalue weighted by Crippen LogP contribution is 2.20. The molecule has 1 aromatic rings. The van der Waals surface area contributed by atoms with Gasteiger partial charge in [-0.05, 0) is 23.2 Å². The third kappa shape index (κ3) is 2.32. The van der Waals surface area contributed by atoms with Crippen LogP contribution in [0.3, 0.4) is 0 Å². The second-order valence-electron chi connectivity index (χ2n) is 2.75. The van der Waals surface area contributed by atoms with Crippen molar-refractivity contribution in [3.8, 4) is 0 Å². The van der Waals surface area contributed by atoms with Crippen LogP contribution in [-0.4, -0.2) is 0 Å². The quantitative estimate of drug-likeness (QED) is 0.603. The lowest BCUT2D eigenvalue weighted by Gasteiger charge is -1.95. The maximum Gasteiger partial charge on any atom is 0.248 e. The van der Waals surface area contributed by atoms with Gasteiger partial charge in [-0.1, -0.05) is 30.1 Å². The number of nitrogens with two attached hydrogens (primary N) is 1. The largest absolute Gasteiger partial charge is 0.390 e. The van der Waals surface area contributed by atoms with E-state index in [1.165, 1.54) is 33.5 Å². The monoisotopic (exact) mass is 203 g/mol. The first-order valence-electron chi connectivity index (χ1n) is 4.13. The van der Waals surface area contributed by atoms with E-state index in [9.17, 15) is 4.79 Å². The zero-order valence-corrected chi connectivity index (χ0v) is 8.76. The van der Waals surface area contributed by atoms with Gasteiger partial charge in [0.2, 0.25) is 4.74 Å². The van der Waals surface area contributed by atoms with Crippen LogP contribution in [0.15, 0.2) is 4.79 Å². The second-order valence-corrected chi connectivity index (χ2v) is 4.90. The molecule has 12 heavy (non-hydrogen) atoms. The molecule has 0 spiro atoms. The van der Waals surface area contributed by atoms with Crippen LogP contribution in [0.1, 0.15) is 31.7 Å². The molecule has 0 atom stereocenters. The summed E-state index contributed by atoms with van der Waals surface area (Å²) in [4.78, 5) is 11.2. The summed E-state index contributed by atoms with van der Waals surface area (Å²) in [6.07, 6.45) is 4.30. The lowest BCUT2D eigenvalue weighted by Crippen LogP contribution is -2.02. The Bertz CT molecular complexity index is 289. The number of hydrogen-bond acceptors (Lipinski definition) is 4. The molecule has 0 radical (unpaired) electrons. The molecule has 0 aromatic carbocycles. The van der Waals surface area contributed by atoms with Crippen molar-refractivity contribution in [2.45, 2.75) is 32.6 Å². The van der Waals surface area contributed by atoms with Crippen LogP contribution in [0.5, 0.6) is 0 Å². The minimum Gasteiger partial charge on any atom is -0.390 e. The molecule has 0 saturated heterocycles. The van der Waals surface area contributed by atoms with Crippen LogP contribution in [0.4, 0.5) is 5.00 Å². The molecule has 0 amide bonds. The Morgan fingerprint density at radius 2 is 2.08 bits per heavy atom. The Balaban J connectivity index is 2.56. The predicted octanol–water partition coefficient (Wildman–Crippen LogP) is 2.48. The van der Waals surface area contributed by atoms with Crippen molar-refractivity contribution in [1.29, 1.82) is 0 Å². The Hall–Kier alpha value is -0.350. The fourth-order valence-corrected chi connectivity index (χ4v) is 3.00. The summed E-state index contributed by atoms with van der Waals surface area (Å²) in [5, 5.41) is 0.723. The molecule has 1 rings (SSSR count). The summed E-state index contributed by atoms with van der Waals surface area (Å²) in [5.41, 5.74) is 6.50. The van der Waals surface area contributed by atoms with Crippen LogP contribution >= 0.6 is 20.7 Å². The third-order valence-corrected chi connectivity index (χ3v) is 3.93. The van der Waals surface area contributed by atoms with Crippen molar-refractivity contribution in [2.24, 2.45) is 0 Å². The first-order valence-corrected chi connectivity index (χ1v) is 6.28. The predicted molar refractivity (Wildman–Crippen MR) is 56.1 cm³/mol. The van der Waals surface area contributed by atoms with Gasteiger partial charge in [0.15, 0.2) is 0 Å². The molecule has 0 fully saturated rings. The van der Waals surface area contributed by atoms with Crippen molar-refractivity contribution in [2.75, 3.05) is 5.73 Å². The summed E-state index contributed by atoms with van der Waals surface area (Å²) in [7, 11) is 2.65. The van der Waals surface area contributed by atoms with Gasteiger partial charge in [0, 0.05) is 5.56 Å².